The second-order valence-corrected chi connectivity index (χ2v) is 9.83. The molecule has 1 aromatic heterocycles. The highest BCUT2D eigenvalue weighted by Crippen LogP contribution is 2.32. The van der Waals surface area contributed by atoms with Crippen LogP contribution >= 0.6 is 11.6 Å². The molecule has 0 aliphatic carbocycles. The van der Waals surface area contributed by atoms with E-state index < -0.39 is 15.8 Å². The minimum absolute atomic E-state index is 0.101. The van der Waals surface area contributed by atoms with Crippen molar-refractivity contribution in [3.05, 3.63) is 89.3 Å². The number of para-hydroxylation sites is 1. The molecule has 0 saturated carbocycles. The number of sulfonamides is 1. The first-order valence-electron chi connectivity index (χ1n) is 11.0. The van der Waals surface area contributed by atoms with Crippen LogP contribution in [0.3, 0.4) is 0 Å². The number of aromatic nitrogens is 2. The number of hydrogen-bond acceptors (Lipinski definition) is 8. The number of anilines is 5. The Balaban J connectivity index is 1.55. The molecular formula is C25H22ClFN6O4S. The fourth-order valence-electron chi connectivity index (χ4n) is 3.37. The largest absolute Gasteiger partial charge is 0.494 e. The quantitative estimate of drug-likeness (QED) is 0.228. The van der Waals surface area contributed by atoms with Crippen molar-refractivity contribution in [3.63, 3.8) is 0 Å². The highest BCUT2D eigenvalue weighted by molar-refractivity contribution is 7.92. The molecule has 0 atom stereocenters. The number of carbonyl (C=O) groups excluding carboxylic acids is 1. The van der Waals surface area contributed by atoms with Crippen molar-refractivity contribution in [2.75, 3.05) is 29.5 Å². The summed E-state index contributed by atoms with van der Waals surface area (Å²) in [5.41, 5.74) is 1.57. The van der Waals surface area contributed by atoms with Gasteiger partial charge in [-0.1, -0.05) is 23.7 Å². The van der Waals surface area contributed by atoms with Gasteiger partial charge in [-0.05, 0) is 48.5 Å². The van der Waals surface area contributed by atoms with Gasteiger partial charge in [0.15, 0.2) is 5.82 Å². The molecular weight excluding hydrogens is 535 g/mol. The van der Waals surface area contributed by atoms with Crippen molar-refractivity contribution < 1.29 is 22.3 Å². The molecule has 0 aliphatic rings. The van der Waals surface area contributed by atoms with Gasteiger partial charge in [-0.25, -0.2) is 17.8 Å². The summed E-state index contributed by atoms with van der Waals surface area (Å²) >= 11 is 6.28. The summed E-state index contributed by atoms with van der Waals surface area (Å²) in [6.45, 7) is 0. The Kier molecular flexibility index (Phi) is 7.93. The Morgan fingerprint density at radius 2 is 1.74 bits per heavy atom. The minimum Gasteiger partial charge on any atom is -0.494 e. The van der Waals surface area contributed by atoms with E-state index >= 15 is 0 Å². The zero-order valence-corrected chi connectivity index (χ0v) is 21.7. The van der Waals surface area contributed by atoms with Gasteiger partial charge in [-0.15, -0.1) is 0 Å². The number of halogens is 2. The summed E-state index contributed by atoms with van der Waals surface area (Å²) in [7, 11) is -1.06. The van der Waals surface area contributed by atoms with E-state index in [1.54, 1.807) is 36.4 Å². The molecule has 0 radical (unpaired) electrons. The van der Waals surface area contributed by atoms with Gasteiger partial charge in [-0.3, -0.25) is 9.52 Å². The van der Waals surface area contributed by atoms with E-state index in [2.05, 4.69) is 30.6 Å². The normalized spacial score (nSPS) is 10.9. The first-order valence-corrected chi connectivity index (χ1v) is 12.9. The fraction of sp³-hybridized carbons (Fsp3) is 0.0800. The van der Waals surface area contributed by atoms with Gasteiger partial charge in [0, 0.05) is 18.8 Å². The van der Waals surface area contributed by atoms with Crippen LogP contribution in [0.5, 0.6) is 5.75 Å². The van der Waals surface area contributed by atoms with E-state index in [9.17, 15) is 17.6 Å². The van der Waals surface area contributed by atoms with Crippen molar-refractivity contribution >= 4 is 56.4 Å². The maximum Gasteiger partial charge on any atom is 0.262 e. The van der Waals surface area contributed by atoms with Gasteiger partial charge in [0.25, 0.3) is 15.9 Å². The summed E-state index contributed by atoms with van der Waals surface area (Å²) in [5, 5.41) is 8.87. The Morgan fingerprint density at radius 3 is 2.45 bits per heavy atom. The predicted octanol–water partition coefficient (Wildman–Crippen LogP) is 4.93. The third-order valence-electron chi connectivity index (χ3n) is 5.22. The lowest BCUT2D eigenvalue weighted by Crippen LogP contribution is -2.19. The van der Waals surface area contributed by atoms with Gasteiger partial charge in [0.1, 0.15) is 16.6 Å². The molecule has 13 heteroatoms. The Morgan fingerprint density at radius 1 is 1.00 bits per heavy atom. The second kappa shape index (κ2) is 11.3. The van der Waals surface area contributed by atoms with E-state index in [1.165, 1.54) is 26.4 Å². The maximum atomic E-state index is 13.2. The van der Waals surface area contributed by atoms with E-state index in [0.29, 0.717) is 16.9 Å². The van der Waals surface area contributed by atoms with Crippen LogP contribution in [0.15, 0.2) is 77.8 Å². The highest BCUT2D eigenvalue weighted by atomic mass is 35.5. The standard InChI is InChI=1S/C25H22ClFN6O4S/c1-28-24(34)18-5-3-4-6-20(18)31-23-19(26)14-29-25(32-23)30-16-9-12-21(22(13-16)37-2)33-38(35,36)17-10-7-15(27)8-11-17/h3-14,33H,1-2H3,(H,28,34)(H2,29,30,31,32). The molecule has 4 aromatic rings. The lowest BCUT2D eigenvalue weighted by molar-refractivity contribution is 0.0964. The first-order chi connectivity index (χ1) is 18.2. The molecule has 10 nitrogen and oxygen atoms in total. The van der Waals surface area contributed by atoms with Crippen LogP contribution in [0.4, 0.5) is 33.2 Å². The van der Waals surface area contributed by atoms with Crippen LogP contribution < -0.4 is 25.4 Å². The highest BCUT2D eigenvalue weighted by Gasteiger charge is 2.18. The van der Waals surface area contributed by atoms with Gasteiger partial charge >= 0.3 is 0 Å². The maximum absolute atomic E-state index is 13.2. The zero-order valence-electron chi connectivity index (χ0n) is 20.1. The Hall–Kier alpha value is -4.42. The van der Waals surface area contributed by atoms with Crippen LogP contribution in [-0.2, 0) is 10.0 Å². The van der Waals surface area contributed by atoms with Crippen LogP contribution in [0, 0.1) is 5.82 Å². The topological polar surface area (TPSA) is 134 Å². The number of benzene rings is 3. The summed E-state index contributed by atoms with van der Waals surface area (Å²) in [6, 6.07) is 16.0. The molecule has 0 unspecified atom stereocenters. The molecule has 3 aromatic carbocycles. The summed E-state index contributed by atoms with van der Waals surface area (Å²) in [5.74, 6) is -0.172. The molecule has 38 heavy (non-hydrogen) atoms. The van der Waals surface area contributed by atoms with Crippen molar-refractivity contribution in [2.24, 2.45) is 0 Å². The number of carbonyl (C=O) groups is 1. The third kappa shape index (κ3) is 6.10. The van der Waals surface area contributed by atoms with Crippen molar-refractivity contribution in [2.45, 2.75) is 4.90 Å². The van der Waals surface area contributed by atoms with Crippen LogP contribution in [-0.4, -0.2) is 38.5 Å². The third-order valence-corrected chi connectivity index (χ3v) is 6.88. The number of nitrogens with one attached hydrogen (secondary N) is 4. The smallest absolute Gasteiger partial charge is 0.262 e. The average Bonchev–Trinajstić information content (AvgIpc) is 2.91. The second-order valence-electron chi connectivity index (χ2n) is 7.74. The zero-order chi connectivity index (χ0) is 27.3. The number of rotatable bonds is 9. The number of amides is 1. The summed E-state index contributed by atoms with van der Waals surface area (Å²) in [6.07, 6.45) is 1.39. The SMILES string of the molecule is CNC(=O)c1ccccc1Nc1nc(Nc2ccc(NS(=O)(=O)c3ccc(F)cc3)c(OC)c2)ncc1Cl. The van der Waals surface area contributed by atoms with E-state index in [0.717, 1.165) is 24.3 Å². The van der Waals surface area contributed by atoms with E-state index in [1.807, 2.05) is 0 Å². The Bertz CT molecular complexity index is 1590. The first kappa shape index (κ1) is 26.6. The lowest BCUT2D eigenvalue weighted by atomic mass is 10.1. The molecule has 1 amide bonds. The van der Waals surface area contributed by atoms with E-state index in [4.69, 9.17) is 16.3 Å². The summed E-state index contributed by atoms with van der Waals surface area (Å²) in [4.78, 5) is 20.7. The molecule has 0 fully saturated rings. The van der Waals surface area contributed by atoms with Crippen LogP contribution in [0.25, 0.3) is 0 Å². The lowest BCUT2D eigenvalue weighted by Gasteiger charge is -2.15. The molecule has 0 saturated heterocycles. The van der Waals surface area contributed by atoms with Gasteiger partial charge in [-0.2, -0.15) is 4.98 Å². The van der Waals surface area contributed by atoms with Crippen molar-refractivity contribution in [1.82, 2.24) is 15.3 Å². The summed E-state index contributed by atoms with van der Waals surface area (Å²) < 4.78 is 46.4. The molecule has 4 rings (SSSR count). The number of nitrogens with zero attached hydrogens (tertiary/aromatic N) is 2. The minimum atomic E-state index is -3.98. The van der Waals surface area contributed by atoms with Crippen molar-refractivity contribution in [3.8, 4) is 5.75 Å². The van der Waals surface area contributed by atoms with Crippen LogP contribution in [0.2, 0.25) is 5.02 Å². The molecule has 4 N–H and O–H groups in total. The Labute approximate surface area is 223 Å². The van der Waals surface area contributed by atoms with Gasteiger partial charge in [0.05, 0.1) is 35.1 Å². The fourth-order valence-corrected chi connectivity index (χ4v) is 4.58. The number of ether oxygens (including phenoxy) is 1. The predicted molar refractivity (Wildman–Crippen MR) is 144 cm³/mol. The monoisotopic (exact) mass is 556 g/mol. The average molecular weight is 557 g/mol. The van der Waals surface area contributed by atoms with Crippen molar-refractivity contribution in [1.29, 1.82) is 0 Å². The number of methoxy groups -OCH3 is 1. The molecule has 0 spiro atoms. The number of hydrogen-bond donors (Lipinski definition) is 4. The molecule has 0 bridgehead atoms. The molecule has 1 heterocycles. The van der Waals surface area contributed by atoms with E-state index in [-0.39, 0.29) is 39.0 Å². The molecule has 0 aliphatic heterocycles. The van der Waals surface area contributed by atoms with Gasteiger partial charge in [0.2, 0.25) is 5.95 Å². The van der Waals surface area contributed by atoms with Gasteiger partial charge < -0.3 is 20.7 Å². The molecule has 196 valence electrons. The van der Waals surface area contributed by atoms with Crippen LogP contribution in [0.1, 0.15) is 10.4 Å².